The third-order valence-corrected chi connectivity index (χ3v) is 7.43. The van der Waals surface area contributed by atoms with E-state index in [4.69, 9.17) is 23.8 Å². The molecule has 1 amide bonds. The maximum absolute atomic E-state index is 12.5. The van der Waals surface area contributed by atoms with Crippen LogP contribution in [0.25, 0.3) is 0 Å². The minimum Gasteiger partial charge on any atom is -0.323 e. The van der Waals surface area contributed by atoms with E-state index in [1.165, 1.54) is 4.88 Å². The number of nitrogens with zero attached hydrogens (tertiary/aromatic N) is 1. The molecule has 3 rings (SSSR count). The first kappa shape index (κ1) is 22.2. The van der Waals surface area contributed by atoms with Gasteiger partial charge in [0.25, 0.3) is 5.91 Å². The molecule has 152 valence electrons. The normalized spacial score (nSPS) is 15.9. The van der Waals surface area contributed by atoms with Gasteiger partial charge in [-0.05, 0) is 66.6 Å². The molecule has 1 aliphatic carbocycles. The highest BCUT2D eigenvalue weighted by atomic mass is 79.9. The van der Waals surface area contributed by atoms with Gasteiger partial charge in [0.05, 0.1) is 16.1 Å². The molecule has 1 atom stereocenters. The molecule has 0 bridgehead atoms. The molecule has 1 unspecified atom stereocenters. The van der Waals surface area contributed by atoms with Gasteiger partial charge in [-0.15, -0.1) is 11.3 Å². The molecule has 1 aromatic heterocycles. The molecule has 1 aliphatic rings. The summed E-state index contributed by atoms with van der Waals surface area (Å²) in [5.41, 5.74) is 2.30. The third-order valence-electron chi connectivity index (χ3n) is 5.23. The molecule has 0 fully saturated rings. The molecule has 29 heavy (non-hydrogen) atoms. The largest absolute Gasteiger partial charge is 0.323 e. The van der Waals surface area contributed by atoms with Gasteiger partial charge in [0.15, 0.2) is 5.11 Å². The molecule has 1 aromatic carbocycles. The van der Waals surface area contributed by atoms with Crippen molar-refractivity contribution < 1.29 is 4.79 Å². The zero-order chi connectivity index (χ0) is 21.3. The summed E-state index contributed by atoms with van der Waals surface area (Å²) in [7, 11) is 0. The van der Waals surface area contributed by atoms with Gasteiger partial charge in [-0.3, -0.25) is 10.1 Å². The van der Waals surface area contributed by atoms with E-state index < -0.39 is 5.91 Å². The Hall–Kier alpha value is -1.46. The molecule has 8 heteroatoms. The lowest BCUT2D eigenvalue weighted by molar-refractivity contribution is 0.0978. The summed E-state index contributed by atoms with van der Waals surface area (Å²) in [4.78, 5) is 13.8. The van der Waals surface area contributed by atoms with Crippen molar-refractivity contribution in [3.63, 3.8) is 0 Å². The fourth-order valence-electron chi connectivity index (χ4n) is 3.51. The molecule has 2 aromatic rings. The number of thiophene rings is 1. The summed E-state index contributed by atoms with van der Waals surface area (Å²) in [5.74, 6) is 0.180. The fourth-order valence-corrected chi connectivity index (χ4v) is 5.61. The topological polar surface area (TPSA) is 64.9 Å². The number of thiocarbonyl (C=S) groups is 1. The van der Waals surface area contributed by atoms with Crippen molar-refractivity contribution in [1.82, 2.24) is 5.32 Å². The monoisotopic (exact) mass is 509 g/mol. The minimum atomic E-state index is -0.401. The number of carbonyl (C=O) groups excluding carboxylic acids is 1. The van der Waals surface area contributed by atoms with Crippen molar-refractivity contribution in [1.29, 1.82) is 5.26 Å². The number of hydrogen-bond donors (Lipinski definition) is 2. The van der Waals surface area contributed by atoms with Crippen LogP contribution < -0.4 is 10.6 Å². The Kier molecular flexibility index (Phi) is 6.69. The van der Waals surface area contributed by atoms with Crippen LogP contribution in [0.3, 0.4) is 0 Å². The van der Waals surface area contributed by atoms with Gasteiger partial charge < -0.3 is 5.32 Å². The second-order valence-electron chi connectivity index (χ2n) is 8.16. The Bertz CT molecular complexity index is 1020. The van der Waals surface area contributed by atoms with Crippen LogP contribution >= 0.6 is 51.1 Å². The first-order valence-electron chi connectivity index (χ1n) is 9.22. The Balaban J connectivity index is 1.76. The maximum Gasteiger partial charge on any atom is 0.258 e. The number of rotatable bonds is 2. The van der Waals surface area contributed by atoms with E-state index in [0.717, 1.165) is 29.3 Å². The van der Waals surface area contributed by atoms with Gasteiger partial charge in [0.1, 0.15) is 11.1 Å². The molecule has 0 aliphatic heterocycles. The zero-order valence-corrected chi connectivity index (χ0v) is 20.3. The SMILES string of the molecule is CC(C)(C)C1CCc2c(sc(NC(=S)NC(=O)c3cc(Br)ccc3Cl)c2C#N)C1. The lowest BCUT2D eigenvalue weighted by Crippen LogP contribution is -2.34. The van der Waals surface area contributed by atoms with Crippen LogP contribution in [0.15, 0.2) is 22.7 Å². The standard InChI is InChI=1S/C21H21BrClN3OS2/c1-21(2,3)11-4-6-13-15(10-24)19(29-17(13)8-11)26-20(28)25-18(27)14-9-12(22)5-7-16(14)23/h5,7,9,11H,4,6,8H2,1-3H3,(H2,25,26,27,28). The number of nitrogens with one attached hydrogen (secondary N) is 2. The molecule has 4 nitrogen and oxygen atoms in total. The Morgan fingerprint density at radius 3 is 2.79 bits per heavy atom. The molecule has 2 N–H and O–H groups in total. The quantitative estimate of drug-likeness (QED) is 0.464. The van der Waals surface area contributed by atoms with Crippen molar-refractivity contribution >= 4 is 67.1 Å². The highest BCUT2D eigenvalue weighted by molar-refractivity contribution is 9.10. The number of halogens is 2. The summed E-state index contributed by atoms with van der Waals surface area (Å²) in [6.07, 6.45) is 2.93. The van der Waals surface area contributed by atoms with Crippen LogP contribution in [0.2, 0.25) is 5.02 Å². The number of nitriles is 1. The lowest BCUT2D eigenvalue weighted by atomic mass is 9.72. The molecule has 0 spiro atoms. The average Bonchev–Trinajstić information content (AvgIpc) is 2.98. The number of carbonyl (C=O) groups is 1. The summed E-state index contributed by atoms with van der Waals surface area (Å²) in [6.45, 7) is 6.79. The number of hydrogen-bond acceptors (Lipinski definition) is 4. The van der Waals surface area contributed by atoms with E-state index >= 15 is 0 Å². The van der Waals surface area contributed by atoms with E-state index in [9.17, 15) is 10.1 Å². The van der Waals surface area contributed by atoms with Crippen LogP contribution in [0.5, 0.6) is 0 Å². The molecule has 0 saturated heterocycles. The smallest absolute Gasteiger partial charge is 0.258 e. The summed E-state index contributed by atoms with van der Waals surface area (Å²) in [5, 5.41) is 16.6. The van der Waals surface area contributed by atoms with Crippen LogP contribution in [-0.4, -0.2) is 11.0 Å². The fraction of sp³-hybridized carbons (Fsp3) is 0.381. The zero-order valence-electron chi connectivity index (χ0n) is 16.4. The first-order valence-corrected chi connectivity index (χ1v) is 11.6. The second-order valence-corrected chi connectivity index (χ2v) is 11.0. The van der Waals surface area contributed by atoms with Crippen LogP contribution in [0.4, 0.5) is 5.00 Å². The van der Waals surface area contributed by atoms with E-state index in [-0.39, 0.29) is 10.5 Å². The van der Waals surface area contributed by atoms with Crippen molar-refractivity contribution in [3.05, 3.63) is 49.3 Å². The first-order chi connectivity index (χ1) is 13.6. The number of fused-ring (bicyclic) bond motifs is 1. The Labute approximate surface area is 193 Å². The van der Waals surface area contributed by atoms with E-state index in [0.29, 0.717) is 27.1 Å². The highest BCUT2D eigenvalue weighted by Crippen LogP contribution is 2.43. The van der Waals surface area contributed by atoms with Crippen LogP contribution in [-0.2, 0) is 12.8 Å². The summed E-state index contributed by atoms with van der Waals surface area (Å²) < 4.78 is 0.747. The minimum absolute atomic E-state index is 0.147. The third kappa shape index (κ3) is 5.00. The summed E-state index contributed by atoms with van der Waals surface area (Å²) >= 11 is 16.3. The second kappa shape index (κ2) is 8.73. The average molecular weight is 511 g/mol. The van der Waals surface area contributed by atoms with Crippen molar-refractivity contribution in [3.8, 4) is 6.07 Å². The maximum atomic E-state index is 12.5. The van der Waals surface area contributed by atoms with Crippen LogP contribution in [0, 0.1) is 22.7 Å². The number of amides is 1. The number of anilines is 1. The number of benzene rings is 1. The lowest BCUT2D eigenvalue weighted by Gasteiger charge is -2.33. The molecular formula is C21H21BrClN3OS2. The highest BCUT2D eigenvalue weighted by Gasteiger charge is 2.32. The molecular weight excluding hydrogens is 490 g/mol. The molecule has 0 saturated carbocycles. The Morgan fingerprint density at radius 2 is 2.14 bits per heavy atom. The predicted molar refractivity (Wildman–Crippen MR) is 127 cm³/mol. The van der Waals surface area contributed by atoms with Gasteiger partial charge in [0, 0.05) is 9.35 Å². The van der Waals surface area contributed by atoms with Gasteiger partial charge in [-0.1, -0.05) is 48.3 Å². The summed E-state index contributed by atoms with van der Waals surface area (Å²) in [6, 6.07) is 7.35. The van der Waals surface area contributed by atoms with Gasteiger partial charge >= 0.3 is 0 Å². The van der Waals surface area contributed by atoms with E-state index in [2.05, 4.69) is 53.4 Å². The predicted octanol–water partition coefficient (Wildman–Crippen LogP) is 6.31. The van der Waals surface area contributed by atoms with Crippen molar-refractivity contribution in [2.45, 2.75) is 40.0 Å². The van der Waals surface area contributed by atoms with Gasteiger partial charge in [0.2, 0.25) is 0 Å². The van der Waals surface area contributed by atoms with Crippen LogP contribution in [0.1, 0.15) is 53.6 Å². The van der Waals surface area contributed by atoms with Gasteiger partial charge in [-0.2, -0.15) is 5.26 Å². The van der Waals surface area contributed by atoms with E-state index in [1.807, 2.05) is 0 Å². The Morgan fingerprint density at radius 1 is 1.41 bits per heavy atom. The van der Waals surface area contributed by atoms with E-state index in [1.54, 1.807) is 29.5 Å². The van der Waals surface area contributed by atoms with Crippen molar-refractivity contribution in [2.24, 2.45) is 11.3 Å². The molecule has 1 heterocycles. The molecule has 0 radical (unpaired) electrons. The van der Waals surface area contributed by atoms with Gasteiger partial charge in [-0.25, -0.2) is 0 Å². The van der Waals surface area contributed by atoms with Crippen molar-refractivity contribution in [2.75, 3.05) is 5.32 Å².